The fourth-order valence-corrected chi connectivity index (χ4v) is 7.74. The maximum Gasteiger partial charge on any atom is 0.341 e. The third kappa shape index (κ3) is 5.26. The lowest BCUT2D eigenvalue weighted by molar-refractivity contribution is 0.0527. The minimum absolute atomic E-state index is 0.268. The smallest absolute Gasteiger partial charge is 0.341 e. The van der Waals surface area contributed by atoms with E-state index in [9.17, 15) is 9.59 Å². The molecule has 1 amide bonds. The number of aryl methyl sites for hydroxylation is 1. The van der Waals surface area contributed by atoms with Crippen LogP contribution in [0.5, 0.6) is 5.75 Å². The molecule has 7 nitrogen and oxygen atoms in total. The Labute approximate surface area is 252 Å². The highest BCUT2D eigenvalue weighted by molar-refractivity contribution is 7.21. The zero-order valence-electron chi connectivity index (χ0n) is 23.5. The van der Waals surface area contributed by atoms with Gasteiger partial charge in [-0.25, -0.2) is 9.78 Å². The zero-order chi connectivity index (χ0) is 29.2. The zero-order valence-corrected chi connectivity index (χ0v) is 25.1. The summed E-state index contributed by atoms with van der Waals surface area (Å²) in [5, 5.41) is 4.28. The largest absolute Gasteiger partial charge is 0.497 e. The van der Waals surface area contributed by atoms with Gasteiger partial charge in [0.05, 0.1) is 30.7 Å². The number of esters is 1. The van der Waals surface area contributed by atoms with Crippen molar-refractivity contribution in [2.75, 3.05) is 24.8 Å². The number of ether oxygens (including phenoxy) is 2. The number of amides is 1. The third-order valence-electron chi connectivity index (χ3n) is 7.50. The van der Waals surface area contributed by atoms with E-state index < -0.39 is 5.97 Å². The van der Waals surface area contributed by atoms with Crippen LogP contribution in [0.25, 0.3) is 32.6 Å². The first-order valence-corrected chi connectivity index (χ1v) is 15.7. The van der Waals surface area contributed by atoms with Gasteiger partial charge in [0.1, 0.15) is 20.5 Å². The molecule has 5 aromatic rings. The van der Waals surface area contributed by atoms with Crippen LogP contribution in [0, 0.1) is 0 Å². The number of methoxy groups -OCH3 is 1. The molecule has 0 spiro atoms. The number of nitrogens with one attached hydrogen (secondary N) is 1. The molecule has 2 aromatic carbocycles. The topological polar surface area (TPSA) is 104 Å². The molecule has 0 saturated heterocycles. The number of anilines is 2. The molecule has 1 aliphatic carbocycles. The Kier molecular flexibility index (Phi) is 7.95. The Morgan fingerprint density at radius 2 is 1.74 bits per heavy atom. The van der Waals surface area contributed by atoms with Crippen LogP contribution in [0.2, 0.25) is 0 Å². The molecule has 1 aliphatic rings. The van der Waals surface area contributed by atoms with E-state index in [1.165, 1.54) is 22.7 Å². The van der Waals surface area contributed by atoms with Gasteiger partial charge in [-0.05, 0) is 67.5 Å². The van der Waals surface area contributed by atoms with Crippen LogP contribution in [-0.2, 0) is 17.6 Å². The maximum atomic E-state index is 13.8. The molecule has 0 saturated carbocycles. The Hall–Kier alpha value is -4.21. The number of carbonyl (C=O) groups is 2. The SMILES string of the molecule is CCOC(=O)c1c(NC(=O)c2sc3nc(-c4ccccc4)cc(-c4ccc(OC)cc4)c3c2N)sc2c1CCCCC2. The van der Waals surface area contributed by atoms with E-state index in [4.69, 9.17) is 20.2 Å². The van der Waals surface area contributed by atoms with E-state index in [0.717, 1.165) is 76.1 Å². The number of pyridine rings is 1. The first-order chi connectivity index (χ1) is 20.5. The van der Waals surface area contributed by atoms with E-state index in [1.54, 1.807) is 14.0 Å². The second-order valence-electron chi connectivity index (χ2n) is 10.1. The Balaban J connectivity index is 1.45. The van der Waals surface area contributed by atoms with Crippen LogP contribution < -0.4 is 15.8 Å². The molecule has 3 heterocycles. The summed E-state index contributed by atoms with van der Waals surface area (Å²) in [6.07, 6.45) is 4.90. The molecule has 214 valence electrons. The second-order valence-corrected chi connectivity index (χ2v) is 12.2. The van der Waals surface area contributed by atoms with Gasteiger partial charge in [-0.1, -0.05) is 48.9 Å². The Morgan fingerprint density at radius 3 is 2.48 bits per heavy atom. The average molecular weight is 598 g/mol. The van der Waals surface area contributed by atoms with Crippen molar-refractivity contribution in [1.82, 2.24) is 4.98 Å². The first-order valence-electron chi connectivity index (χ1n) is 14.0. The van der Waals surface area contributed by atoms with Gasteiger partial charge in [0.15, 0.2) is 0 Å². The summed E-state index contributed by atoms with van der Waals surface area (Å²) in [5.41, 5.74) is 12.1. The minimum Gasteiger partial charge on any atom is -0.497 e. The van der Waals surface area contributed by atoms with Gasteiger partial charge in [-0.15, -0.1) is 22.7 Å². The number of thiophene rings is 2. The van der Waals surface area contributed by atoms with E-state index >= 15 is 0 Å². The molecule has 0 unspecified atom stereocenters. The van der Waals surface area contributed by atoms with Crippen molar-refractivity contribution in [3.8, 4) is 28.1 Å². The summed E-state index contributed by atoms with van der Waals surface area (Å²) in [5.74, 6) is -0.00989. The molecule has 0 aliphatic heterocycles. The summed E-state index contributed by atoms with van der Waals surface area (Å²) < 4.78 is 10.8. The van der Waals surface area contributed by atoms with Gasteiger partial charge in [0, 0.05) is 15.8 Å². The lowest BCUT2D eigenvalue weighted by Crippen LogP contribution is -2.15. The van der Waals surface area contributed by atoms with Crippen LogP contribution in [0.4, 0.5) is 10.7 Å². The normalized spacial score (nSPS) is 12.9. The van der Waals surface area contributed by atoms with Gasteiger partial charge in [0.25, 0.3) is 5.91 Å². The number of rotatable bonds is 7. The molecule has 3 N–H and O–H groups in total. The van der Waals surface area contributed by atoms with Crippen molar-refractivity contribution in [2.24, 2.45) is 0 Å². The molecule has 9 heteroatoms. The highest BCUT2D eigenvalue weighted by Crippen LogP contribution is 2.43. The van der Waals surface area contributed by atoms with Crippen LogP contribution >= 0.6 is 22.7 Å². The van der Waals surface area contributed by atoms with Crippen molar-refractivity contribution < 1.29 is 19.1 Å². The van der Waals surface area contributed by atoms with E-state index in [0.29, 0.717) is 26.0 Å². The number of carbonyl (C=O) groups excluding carboxylic acids is 2. The molecule has 0 fully saturated rings. The van der Waals surface area contributed by atoms with Crippen LogP contribution in [0.15, 0.2) is 60.7 Å². The van der Waals surface area contributed by atoms with Gasteiger partial charge in [-0.2, -0.15) is 0 Å². The lowest BCUT2D eigenvalue weighted by atomic mass is 9.99. The Bertz CT molecular complexity index is 1780. The standard InChI is InChI=1S/C33H31N3O4S2/c1-3-40-33(38)27-22-12-8-5-9-13-25(22)41-32(27)36-30(37)29-28(34)26-23(19-14-16-21(39-2)17-15-19)18-24(35-31(26)42-29)20-10-6-4-7-11-20/h4,6-7,10-11,14-18H,3,5,8-9,12-13,34H2,1-2H3,(H,36,37). The first kappa shape index (κ1) is 27.9. The summed E-state index contributed by atoms with van der Waals surface area (Å²) in [6, 6.07) is 19.7. The summed E-state index contributed by atoms with van der Waals surface area (Å²) in [7, 11) is 1.63. The van der Waals surface area contributed by atoms with E-state index in [2.05, 4.69) is 5.32 Å². The number of nitrogens with two attached hydrogens (primary N) is 1. The van der Waals surface area contributed by atoms with Crippen molar-refractivity contribution in [3.63, 3.8) is 0 Å². The number of nitrogen functional groups attached to an aromatic ring is 1. The fourth-order valence-electron chi connectivity index (χ4n) is 5.45. The second kappa shape index (κ2) is 12.0. The van der Waals surface area contributed by atoms with Gasteiger partial charge in [0.2, 0.25) is 0 Å². The fraction of sp³-hybridized carbons (Fsp3) is 0.242. The van der Waals surface area contributed by atoms with Crippen molar-refractivity contribution in [1.29, 1.82) is 0 Å². The molecular weight excluding hydrogens is 567 g/mol. The quantitative estimate of drug-likeness (QED) is 0.146. The monoisotopic (exact) mass is 597 g/mol. The highest BCUT2D eigenvalue weighted by Gasteiger charge is 2.28. The third-order valence-corrected chi connectivity index (χ3v) is 9.81. The summed E-state index contributed by atoms with van der Waals surface area (Å²) >= 11 is 2.73. The minimum atomic E-state index is -0.396. The summed E-state index contributed by atoms with van der Waals surface area (Å²) in [4.78, 5) is 34.0. The summed E-state index contributed by atoms with van der Waals surface area (Å²) in [6.45, 7) is 2.06. The van der Waals surface area contributed by atoms with Gasteiger partial charge >= 0.3 is 5.97 Å². The maximum absolute atomic E-state index is 13.8. The predicted molar refractivity (Wildman–Crippen MR) is 171 cm³/mol. The number of aromatic nitrogens is 1. The molecule has 6 rings (SSSR count). The molecule has 3 aromatic heterocycles. The van der Waals surface area contributed by atoms with Gasteiger partial charge < -0.3 is 20.5 Å². The van der Waals surface area contributed by atoms with E-state index in [-0.39, 0.29) is 12.5 Å². The average Bonchev–Trinajstić information content (AvgIpc) is 3.44. The number of benzene rings is 2. The molecule has 42 heavy (non-hydrogen) atoms. The van der Waals surface area contributed by atoms with Crippen molar-refractivity contribution in [3.05, 3.63) is 81.5 Å². The number of hydrogen-bond acceptors (Lipinski definition) is 8. The molecular formula is C33H31N3O4S2. The molecule has 0 radical (unpaired) electrons. The molecule has 0 atom stereocenters. The van der Waals surface area contributed by atoms with Crippen molar-refractivity contribution >= 4 is 55.5 Å². The highest BCUT2D eigenvalue weighted by atomic mass is 32.1. The van der Waals surface area contributed by atoms with E-state index in [1.807, 2.05) is 60.7 Å². The number of nitrogens with zero attached hydrogens (tertiary/aromatic N) is 1. The van der Waals surface area contributed by atoms with Crippen LogP contribution in [-0.4, -0.2) is 30.6 Å². The molecule has 0 bridgehead atoms. The van der Waals surface area contributed by atoms with Crippen LogP contribution in [0.3, 0.4) is 0 Å². The van der Waals surface area contributed by atoms with Crippen molar-refractivity contribution in [2.45, 2.75) is 39.0 Å². The van der Waals surface area contributed by atoms with Gasteiger partial charge in [-0.3, -0.25) is 4.79 Å². The lowest BCUT2D eigenvalue weighted by Gasteiger charge is -2.10. The van der Waals surface area contributed by atoms with Crippen LogP contribution in [0.1, 0.15) is 56.7 Å². The number of fused-ring (bicyclic) bond motifs is 2. The predicted octanol–water partition coefficient (Wildman–Crippen LogP) is 7.98. The number of hydrogen-bond donors (Lipinski definition) is 2. The Morgan fingerprint density at radius 1 is 0.976 bits per heavy atom.